The summed E-state index contributed by atoms with van der Waals surface area (Å²) in [4.78, 5) is 18.0. The van der Waals surface area contributed by atoms with Crippen LogP contribution >= 0.6 is 27.5 Å². The maximum atomic E-state index is 12.4. The van der Waals surface area contributed by atoms with E-state index in [1.54, 1.807) is 13.2 Å². The highest BCUT2D eigenvalue weighted by Gasteiger charge is 2.24. The van der Waals surface area contributed by atoms with Crippen molar-refractivity contribution in [2.75, 3.05) is 32.1 Å². The lowest BCUT2D eigenvalue weighted by Crippen LogP contribution is -2.38. The van der Waals surface area contributed by atoms with Gasteiger partial charge in [-0.25, -0.2) is 0 Å². The molecule has 0 unspecified atom stereocenters. The lowest BCUT2D eigenvalue weighted by atomic mass is 9.89. The van der Waals surface area contributed by atoms with Gasteiger partial charge >= 0.3 is 0 Å². The number of hydrogen-bond acceptors (Lipinski definition) is 3. The third-order valence-corrected chi connectivity index (χ3v) is 6.33. The number of aromatic amines is 1. The van der Waals surface area contributed by atoms with Crippen molar-refractivity contribution >= 4 is 50.0 Å². The summed E-state index contributed by atoms with van der Waals surface area (Å²) in [6.07, 6.45) is 4.17. The minimum atomic E-state index is -0.0375. The third kappa shape index (κ3) is 4.60. The number of benzene rings is 2. The zero-order valence-corrected chi connectivity index (χ0v) is 18.5. The molecule has 29 heavy (non-hydrogen) atoms. The smallest absolute Gasteiger partial charge is 0.238 e. The Morgan fingerprint density at radius 1 is 1.28 bits per heavy atom. The molecule has 2 N–H and O–H groups in total. The summed E-state index contributed by atoms with van der Waals surface area (Å²) in [6.45, 7) is 2.16. The highest BCUT2D eigenvalue weighted by Crippen LogP contribution is 2.34. The Hall–Kier alpha value is -2.02. The molecule has 152 valence electrons. The largest absolute Gasteiger partial charge is 0.497 e. The molecule has 1 aliphatic heterocycles. The predicted molar refractivity (Wildman–Crippen MR) is 121 cm³/mol. The number of rotatable bonds is 5. The second-order valence-corrected chi connectivity index (χ2v) is 8.70. The van der Waals surface area contributed by atoms with E-state index in [0.29, 0.717) is 23.2 Å². The fraction of sp³-hybridized carbons (Fsp3) is 0.318. The van der Waals surface area contributed by atoms with Crippen LogP contribution < -0.4 is 10.1 Å². The first kappa shape index (κ1) is 20.3. The number of methoxy groups -OCH3 is 1. The molecule has 3 aromatic rings. The molecule has 4 rings (SSSR count). The number of carbonyl (C=O) groups is 1. The Morgan fingerprint density at radius 3 is 2.79 bits per heavy atom. The van der Waals surface area contributed by atoms with Gasteiger partial charge in [-0.05, 0) is 73.8 Å². The molecule has 2 aromatic carbocycles. The molecule has 0 saturated carbocycles. The molecular formula is C22H23BrClN3O2. The Kier molecular flexibility index (Phi) is 6.13. The van der Waals surface area contributed by atoms with Gasteiger partial charge in [-0.15, -0.1) is 0 Å². The normalized spacial score (nSPS) is 15.6. The average molecular weight is 477 g/mol. The van der Waals surface area contributed by atoms with Gasteiger partial charge in [-0.1, -0.05) is 27.5 Å². The summed E-state index contributed by atoms with van der Waals surface area (Å²) in [5.74, 6) is 1.32. The number of anilines is 1. The SMILES string of the molecule is COc1ccc2[nH]cc(C3CCN(CC(=O)Nc4ccc(Br)cc4Cl)CC3)c2c1. The molecule has 1 fully saturated rings. The van der Waals surface area contributed by atoms with Crippen LogP contribution in [-0.4, -0.2) is 42.5 Å². The zero-order valence-electron chi connectivity index (χ0n) is 16.2. The lowest BCUT2D eigenvalue weighted by Gasteiger charge is -2.31. The number of fused-ring (bicyclic) bond motifs is 1. The number of H-pyrrole nitrogens is 1. The number of ether oxygens (including phenoxy) is 1. The average Bonchev–Trinajstić information content (AvgIpc) is 3.14. The number of carbonyl (C=O) groups excluding carboxylic acids is 1. The van der Waals surface area contributed by atoms with Crippen LogP contribution in [0.1, 0.15) is 24.3 Å². The lowest BCUT2D eigenvalue weighted by molar-refractivity contribution is -0.117. The Bertz CT molecular complexity index is 1030. The third-order valence-electron chi connectivity index (χ3n) is 5.52. The predicted octanol–water partition coefficient (Wildman–Crippen LogP) is 5.41. The van der Waals surface area contributed by atoms with Gasteiger partial charge in [0, 0.05) is 21.6 Å². The fourth-order valence-corrected chi connectivity index (χ4v) is 4.69. The summed E-state index contributed by atoms with van der Waals surface area (Å²) in [5.41, 5.74) is 3.11. The number of nitrogens with zero attached hydrogens (tertiary/aromatic N) is 1. The Balaban J connectivity index is 1.35. The maximum Gasteiger partial charge on any atom is 0.238 e. The van der Waals surface area contributed by atoms with E-state index < -0.39 is 0 Å². The van der Waals surface area contributed by atoms with Crippen molar-refractivity contribution in [3.8, 4) is 5.75 Å². The molecule has 2 heterocycles. The number of nitrogens with one attached hydrogen (secondary N) is 2. The van der Waals surface area contributed by atoms with E-state index in [1.165, 1.54) is 10.9 Å². The van der Waals surface area contributed by atoms with Crippen LogP contribution in [0.25, 0.3) is 10.9 Å². The maximum absolute atomic E-state index is 12.4. The molecule has 1 aromatic heterocycles. The molecule has 0 bridgehead atoms. The first-order chi connectivity index (χ1) is 14.0. The summed E-state index contributed by atoms with van der Waals surface area (Å²) in [6, 6.07) is 11.6. The summed E-state index contributed by atoms with van der Waals surface area (Å²) in [7, 11) is 1.69. The van der Waals surface area contributed by atoms with Crippen LogP contribution in [-0.2, 0) is 4.79 Å². The van der Waals surface area contributed by atoms with Gasteiger partial charge < -0.3 is 15.0 Å². The van der Waals surface area contributed by atoms with Crippen molar-refractivity contribution in [3.05, 3.63) is 57.7 Å². The van der Waals surface area contributed by atoms with Crippen LogP contribution in [0.15, 0.2) is 47.1 Å². The number of amides is 1. The van der Waals surface area contributed by atoms with Gasteiger partial charge in [0.25, 0.3) is 0 Å². The topological polar surface area (TPSA) is 57.4 Å². The van der Waals surface area contributed by atoms with Crippen LogP contribution in [0.2, 0.25) is 5.02 Å². The van der Waals surface area contributed by atoms with Crippen LogP contribution in [0.3, 0.4) is 0 Å². The van der Waals surface area contributed by atoms with E-state index in [1.807, 2.05) is 18.2 Å². The van der Waals surface area contributed by atoms with Gasteiger partial charge in [0.05, 0.1) is 24.4 Å². The van der Waals surface area contributed by atoms with E-state index >= 15 is 0 Å². The molecule has 1 amide bonds. The highest BCUT2D eigenvalue weighted by atomic mass is 79.9. The first-order valence-corrected chi connectivity index (χ1v) is 10.8. The summed E-state index contributed by atoms with van der Waals surface area (Å²) >= 11 is 9.56. The molecule has 1 aliphatic rings. The van der Waals surface area contributed by atoms with E-state index in [4.69, 9.17) is 16.3 Å². The van der Waals surface area contributed by atoms with Gasteiger partial charge in [0.1, 0.15) is 5.75 Å². The molecule has 7 heteroatoms. The first-order valence-electron chi connectivity index (χ1n) is 9.66. The number of aromatic nitrogens is 1. The number of halogens is 2. The van der Waals surface area contributed by atoms with E-state index in [9.17, 15) is 4.79 Å². The van der Waals surface area contributed by atoms with Gasteiger partial charge in [0.2, 0.25) is 5.91 Å². The molecule has 5 nitrogen and oxygen atoms in total. The Labute approximate surface area is 183 Å². The molecular weight excluding hydrogens is 454 g/mol. The molecule has 1 saturated heterocycles. The van der Waals surface area contributed by atoms with Crippen molar-refractivity contribution in [2.45, 2.75) is 18.8 Å². The molecule has 0 radical (unpaired) electrons. The molecule has 0 aliphatic carbocycles. The standard InChI is InChI=1S/C22H23BrClN3O2/c1-29-16-3-5-20-17(11-16)18(12-25-20)14-6-8-27(9-7-14)13-22(28)26-21-4-2-15(23)10-19(21)24/h2-5,10-12,14,25H,6-9,13H2,1H3,(H,26,28). The van der Waals surface area contributed by atoms with Crippen LogP contribution in [0, 0.1) is 0 Å². The fourth-order valence-electron chi connectivity index (χ4n) is 3.97. The van der Waals surface area contributed by atoms with Crippen molar-refractivity contribution in [2.24, 2.45) is 0 Å². The second-order valence-electron chi connectivity index (χ2n) is 7.38. The Morgan fingerprint density at radius 2 is 2.07 bits per heavy atom. The van der Waals surface area contributed by atoms with Crippen LogP contribution in [0.4, 0.5) is 5.69 Å². The number of likely N-dealkylation sites (tertiary alicyclic amines) is 1. The van der Waals surface area contributed by atoms with Crippen LogP contribution in [0.5, 0.6) is 5.75 Å². The van der Waals surface area contributed by atoms with Crippen molar-refractivity contribution in [1.29, 1.82) is 0 Å². The zero-order chi connectivity index (χ0) is 20.4. The van der Waals surface area contributed by atoms with Crippen molar-refractivity contribution in [3.63, 3.8) is 0 Å². The van der Waals surface area contributed by atoms with E-state index in [0.717, 1.165) is 41.7 Å². The highest BCUT2D eigenvalue weighted by molar-refractivity contribution is 9.10. The van der Waals surface area contributed by atoms with Gasteiger partial charge in [-0.2, -0.15) is 0 Å². The molecule has 0 atom stereocenters. The van der Waals surface area contributed by atoms with E-state index in [-0.39, 0.29) is 5.91 Å². The van der Waals surface area contributed by atoms with E-state index in [2.05, 4.69) is 49.5 Å². The number of piperidine rings is 1. The summed E-state index contributed by atoms with van der Waals surface area (Å²) in [5, 5.41) is 4.66. The second kappa shape index (κ2) is 8.78. The van der Waals surface area contributed by atoms with Gasteiger partial charge in [0.15, 0.2) is 0 Å². The number of hydrogen-bond donors (Lipinski definition) is 2. The van der Waals surface area contributed by atoms with Crippen molar-refractivity contribution < 1.29 is 9.53 Å². The van der Waals surface area contributed by atoms with Crippen molar-refractivity contribution in [1.82, 2.24) is 9.88 Å². The van der Waals surface area contributed by atoms with Gasteiger partial charge in [-0.3, -0.25) is 9.69 Å². The molecule has 0 spiro atoms. The quantitative estimate of drug-likeness (QED) is 0.518. The monoisotopic (exact) mass is 475 g/mol. The summed E-state index contributed by atoms with van der Waals surface area (Å²) < 4.78 is 6.27. The minimum absolute atomic E-state index is 0.0375. The minimum Gasteiger partial charge on any atom is -0.497 e.